The third-order valence-electron chi connectivity index (χ3n) is 3.51. The molecule has 0 saturated carbocycles. The predicted molar refractivity (Wildman–Crippen MR) is 85.3 cm³/mol. The maximum atomic E-state index is 12.1. The molecule has 5 nitrogen and oxygen atoms in total. The second-order valence-electron chi connectivity index (χ2n) is 5.31. The van der Waals surface area contributed by atoms with Crippen LogP contribution in [0.5, 0.6) is 0 Å². The van der Waals surface area contributed by atoms with Crippen molar-refractivity contribution in [3.05, 3.63) is 41.5 Å². The van der Waals surface area contributed by atoms with E-state index in [1.54, 1.807) is 31.2 Å². The Morgan fingerprint density at radius 3 is 2.43 bits per heavy atom. The van der Waals surface area contributed by atoms with E-state index in [0.29, 0.717) is 16.8 Å². The largest absolute Gasteiger partial charge is 0.396 e. The summed E-state index contributed by atoms with van der Waals surface area (Å²) in [5, 5.41) is 19.2. The van der Waals surface area contributed by atoms with E-state index in [-0.39, 0.29) is 30.2 Å². The molecule has 0 aliphatic rings. The summed E-state index contributed by atoms with van der Waals surface area (Å²) in [5.74, 6) is 0.0572. The summed E-state index contributed by atoms with van der Waals surface area (Å²) in [6.07, 6.45) is 1.86. The van der Waals surface area contributed by atoms with Crippen molar-refractivity contribution >= 4 is 17.4 Å². The molecule has 1 rings (SSSR count). The highest BCUT2D eigenvalue weighted by atomic mass is 16.3. The summed E-state index contributed by atoms with van der Waals surface area (Å²) in [6, 6.07) is 6.80. The number of nitrogens with two attached hydrogens (primary N) is 1. The first-order valence-electron chi connectivity index (χ1n) is 6.90. The van der Waals surface area contributed by atoms with E-state index < -0.39 is 0 Å². The summed E-state index contributed by atoms with van der Waals surface area (Å²) >= 11 is 0. The van der Waals surface area contributed by atoms with Crippen molar-refractivity contribution in [2.45, 2.75) is 20.8 Å². The number of benzene rings is 1. The molecule has 5 heteroatoms. The Morgan fingerprint density at radius 2 is 1.95 bits per heavy atom. The lowest BCUT2D eigenvalue weighted by Crippen LogP contribution is -2.16. The van der Waals surface area contributed by atoms with Crippen LogP contribution in [0.3, 0.4) is 0 Å². The molecule has 0 saturated heterocycles. The van der Waals surface area contributed by atoms with Gasteiger partial charge in [0.15, 0.2) is 0 Å². The summed E-state index contributed by atoms with van der Waals surface area (Å²) in [6.45, 7) is 5.76. The maximum Gasteiger partial charge on any atom is 0.250 e. The van der Waals surface area contributed by atoms with E-state index >= 15 is 0 Å². The fourth-order valence-corrected chi connectivity index (χ4v) is 1.76. The van der Waals surface area contributed by atoms with Gasteiger partial charge in [0.05, 0.1) is 0 Å². The molecule has 0 radical (unpaired) electrons. The van der Waals surface area contributed by atoms with Gasteiger partial charge in [0.2, 0.25) is 0 Å². The minimum absolute atomic E-state index is 0.00392. The minimum Gasteiger partial charge on any atom is -0.396 e. The molecule has 1 aromatic carbocycles. The molecule has 21 heavy (non-hydrogen) atoms. The Kier molecular flexibility index (Phi) is 6.11. The average molecular weight is 289 g/mol. The molecule has 0 heterocycles. The number of hydrogen-bond acceptors (Lipinski definition) is 3. The number of nitrogen functional groups attached to an aromatic ring is 1. The van der Waals surface area contributed by atoms with Crippen molar-refractivity contribution in [1.82, 2.24) is 0 Å². The molecule has 1 unspecified atom stereocenters. The zero-order valence-corrected chi connectivity index (χ0v) is 12.7. The molecule has 0 bridgehead atoms. The number of nitrogens with one attached hydrogen (secondary N) is 2. The molecule has 5 N–H and O–H groups in total. The monoisotopic (exact) mass is 289 g/mol. The maximum absolute atomic E-state index is 12.1. The van der Waals surface area contributed by atoms with Gasteiger partial charge in [-0.1, -0.05) is 19.9 Å². The van der Waals surface area contributed by atoms with Crippen LogP contribution in [0.2, 0.25) is 0 Å². The molecular formula is C16H23N3O2. The van der Waals surface area contributed by atoms with Crippen molar-refractivity contribution < 1.29 is 9.90 Å². The Morgan fingerprint density at radius 1 is 1.38 bits per heavy atom. The summed E-state index contributed by atoms with van der Waals surface area (Å²) in [5.41, 5.74) is 7.26. The molecule has 0 spiro atoms. The van der Waals surface area contributed by atoms with Gasteiger partial charge in [0.1, 0.15) is 5.84 Å². The van der Waals surface area contributed by atoms with Crippen molar-refractivity contribution in [2.24, 2.45) is 17.6 Å². The van der Waals surface area contributed by atoms with Crippen molar-refractivity contribution in [1.29, 1.82) is 5.41 Å². The van der Waals surface area contributed by atoms with E-state index in [9.17, 15) is 4.79 Å². The van der Waals surface area contributed by atoms with Gasteiger partial charge in [-0.05, 0) is 43.0 Å². The molecule has 0 aliphatic heterocycles. The van der Waals surface area contributed by atoms with Crippen LogP contribution in [0.15, 0.2) is 35.9 Å². The minimum atomic E-state index is -0.178. The van der Waals surface area contributed by atoms with E-state index in [0.717, 1.165) is 0 Å². The van der Waals surface area contributed by atoms with E-state index in [2.05, 4.69) is 5.32 Å². The topological polar surface area (TPSA) is 99.2 Å². The van der Waals surface area contributed by atoms with E-state index in [1.807, 2.05) is 19.9 Å². The molecular weight excluding hydrogens is 266 g/mol. The van der Waals surface area contributed by atoms with Crippen molar-refractivity contribution in [3.8, 4) is 0 Å². The molecule has 1 amide bonds. The smallest absolute Gasteiger partial charge is 0.250 e. The van der Waals surface area contributed by atoms with Gasteiger partial charge < -0.3 is 16.2 Å². The van der Waals surface area contributed by atoms with Gasteiger partial charge in [-0.15, -0.1) is 0 Å². The van der Waals surface area contributed by atoms with Gasteiger partial charge in [-0.25, -0.2) is 0 Å². The third kappa shape index (κ3) is 5.04. The number of hydrogen-bond donors (Lipinski definition) is 4. The fraction of sp³-hybridized carbons (Fsp3) is 0.375. The summed E-state index contributed by atoms with van der Waals surface area (Å²) in [7, 11) is 0. The number of carbonyl (C=O) groups excluding carboxylic acids is 1. The van der Waals surface area contributed by atoms with Crippen LogP contribution < -0.4 is 11.1 Å². The summed E-state index contributed by atoms with van der Waals surface area (Å²) in [4.78, 5) is 12.1. The molecule has 1 aromatic rings. The average Bonchev–Trinajstić information content (AvgIpc) is 2.46. The van der Waals surface area contributed by atoms with Crippen LogP contribution in [0.25, 0.3) is 0 Å². The Bertz CT molecular complexity index is 535. The zero-order chi connectivity index (χ0) is 16.0. The molecule has 0 fully saturated rings. The predicted octanol–water partition coefficient (Wildman–Crippen LogP) is 2.12. The Balaban J connectivity index is 2.72. The lowest BCUT2D eigenvalue weighted by molar-refractivity contribution is -0.112. The first-order chi connectivity index (χ1) is 9.85. The number of amides is 1. The number of anilines is 1. The van der Waals surface area contributed by atoms with Crippen LogP contribution in [0.1, 0.15) is 26.3 Å². The Labute approximate surface area is 125 Å². The normalized spacial score (nSPS) is 14.4. The number of aliphatic hydroxyl groups is 1. The Hall–Kier alpha value is -2.14. The lowest BCUT2D eigenvalue weighted by atomic mass is 9.94. The van der Waals surface area contributed by atoms with Gasteiger partial charge in [-0.2, -0.15) is 0 Å². The van der Waals surface area contributed by atoms with Crippen molar-refractivity contribution in [2.75, 3.05) is 11.9 Å². The van der Waals surface area contributed by atoms with Gasteiger partial charge in [-0.3, -0.25) is 10.2 Å². The molecule has 0 aliphatic carbocycles. The van der Waals surface area contributed by atoms with Crippen LogP contribution >= 0.6 is 0 Å². The standard InChI is InChI=1S/C16H23N3O2/c1-10(12(3)9-20)8-11(2)16(21)19-14-6-4-13(5-7-14)15(17)18/h4-8,10,12,20H,9H2,1-3H3,(H3,17,18)(H,19,21)/b11-8+/t10?,12-/m1/s1. The van der Waals surface area contributed by atoms with Gasteiger partial charge >= 0.3 is 0 Å². The highest BCUT2D eigenvalue weighted by molar-refractivity contribution is 6.03. The highest BCUT2D eigenvalue weighted by Gasteiger charge is 2.12. The number of aliphatic hydroxyl groups excluding tert-OH is 1. The number of amidine groups is 1. The third-order valence-corrected chi connectivity index (χ3v) is 3.51. The van der Waals surface area contributed by atoms with E-state index in [4.69, 9.17) is 16.2 Å². The number of rotatable bonds is 6. The highest BCUT2D eigenvalue weighted by Crippen LogP contribution is 2.15. The van der Waals surface area contributed by atoms with Crippen LogP contribution in [-0.4, -0.2) is 23.5 Å². The van der Waals surface area contributed by atoms with Gasteiger partial charge in [0, 0.05) is 23.4 Å². The molecule has 114 valence electrons. The van der Waals surface area contributed by atoms with Crippen molar-refractivity contribution in [3.63, 3.8) is 0 Å². The number of carbonyl (C=O) groups is 1. The molecule has 2 atom stereocenters. The first-order valence-corrected chi connectivity index (χ1v) is 6.90. The second kappa shape index (κ2) is 7.59. The number of allylic oxidation sites excluding steroid dienone is 1. The lowest BCUT2D eigenvalue weighted by Gasteiger charge is -2.14. The quantitative estimate of drug-likeness (QED) is 0.366. The second-order valence-corrected chi connectivity index (χ2v) is 5.31. The zero-order valence-electron chi connectivity index (χ0n) is 12.7. The fourth-order valence-electron chi connectivity index (χ4n) is 1.76. The van der Waals surface area contributed by atoms with Crippen LogP contribution in [0.4, 0.5) is 5.69 Å². The van der Waals surface area contributed by atoms with Gasteiger partial charge in [0.25, 0.3) is 5.91 Å². The van der Waals surface area contributed by atoms with E-state index in [1.165, 1.54) is 0 Å². The van der Waals surface area contributed by atoms with Crippen LogP contribution in [-0.2, 0) is 4.79 Å². The molecule has 0 aromatic heterocycles. The van der Waals surface area contributed by atoms with Crippen LogP contribution in [0, 0.1) is 17.2 Å². The summed E-state index contributed by atoms with van der Waals surface area (Å²) < 4.78 is 0. The SMILES string of the molecule is C/C(=C\C(C)[C@H](C)CO)C(=O)Nc1ccc(C(=N)N)cc1. The first kappa shape index (κ1) is 16.9.